The van der Waals surface area contributed by atoms with Gasteiger partial charge in [-0.25, -0.2) is 9.18 Å². The molecule has 1 fully saturated rings. The average molecular weight is 658 g/mol. The standard InChI is InChI=1S/C33H29Cl2FN2.C2HF3O2/c34-28-13-8-14-29(35)32(28)23-17-19-37(20-18-23)22-27-26-12-5-7-16-31(26)38(21-25-11-4-6-15-30(25)36)33(27)24-9-2-1-3-10-24;3-2(4,5)1(6)7/h1-16,23H,17-22H2;(H,6,7). The van der Waals surface area contributed by atoms with E-state index < -0.39 is 12.1 Å². The van der Waals surface area contributed by atoms with Crippen molar-refractivity contribution in [1.29, 1.82) is 0 Å². The van der Waals surface area contributed by atoms with E-state index in [9.17, 15) is 17.6 Å². The van der Waals surface area contributed by atoms with Gasteiger partial charge in [0.25, 0.3) is 0 Å². The molecule has 2 heterocycles. The molecule has 0 atom stereocenters. The van der Waals surface area contributed by atoms with Crippen LogP contribution in [0.5, 0.6) is 0 Å². The lowest BCUT2D eigenvalue weighted by Gasteiger charge is -2.33. The Kier molecular flexibility index (Phi) is 10.2. The first kappa shape index (κ1) is 32.5. The summed E-state index contributed by atoms with van der Waals surface area (Å²) in [5, 5.41) is 9.87. The molecule has 1 aromatic heterocycles. The van der Waals surface area contributed by atoms with Crippen molar-refractivity contribution in [3.63, 3.8) is 0 Å². The van der Waals surface area contributed by atoms with Crippen LogP contribution in [0, 0.1) is 5.82 Å². The van der Waals surface area contributed by atoms with Crippen molar-refractivity contribution in [2.24, 2.45) is 0 Å². The first-order valence-electron chi connectivity index (χ1n) is 14.4. The van der Waals surface area contributed by atoms with Crippen molar-refractivity contribution >= 4 is 40.1 Å². The second-order valence-electron chi connectivity index (χ2n) is 10.9. The highest BCUT2D eigenvalue weighted by molar-refractivity contribution is 6.36. The molecule has 45 heavy (non-hydrogen) atoms. The summed E-state index contributed by atoms with van der Waals surface area (Å²) >= 11 is 13.1. The van der Waals surface area contributed by atoms with E-state index in [1.54, 1.807) is 12.1 Å². The molecule has 1 aliphatic heterocycles. The molecule has 0 aliphatic carbocycles. The number of para-hydroxylation sites is 1. The van der Waals surface area contributed by atoms with E-state index in [0.717, 1.165) is 64.9 Å². The third-order valence-electron chi connectivity index (χ3n) is 8.03. The van der Waals surface area contributed by atoms with Crippen LogP contribution in [0.1, 0.15) is 35.4 Å². The van der Waals surface area contributed by atoms with Gasteiger partial charge in [-0.05, 0) is 72.8 Å². The van der Waals surface area contributed by atoms with Crippen LogP contribution in [0.4, 0.5) is 17.6 Å². The minimum Gasteiger partial charge on any atom is -0.475 e. The van der Waals surface area contributed by atoms with E-state index in [-0.39, 0.29) is 5.82 Å². The van der Waals surface area contributed by atoms with Gasteiger partial charge in [-0.3, -0.25) is 4.90 Å². The maximum atomic E-state index is 14.8. The van der Waals surface area contributed by atoms with Gasteiger partial charge in [0.15, 0.2) is 0 Å². The number of aromatic nitrogens is 1. The summed E-state index contributed by atoms with van der Waals surface area (Å²) in [5.41, 5.74) is 6.50. The van der Waals surface area contributed by atoms with Crippen LogP contribution in [0.3, 0.4) is 0 Å². The van der Waals surface area contributed by atoms with Gasteiger partial charge >= 0.3 is 12.1 Å². The number of benzene rings is 4. The number of likely N-dealkylation sites (tertiary alicyclic amines) is 1. The van der Waals surface area contributed by atoms with E-state index in [2.05, 4.69) is 58.0 Å². The topological polar surface area (TPSA) is 45.5 Å². The Balaban J connectivity index is 0.000000515. The molecule has 234 valence electrons. The van der Waals surface area contributed by atoms with Crippen molar-refractivity contribution in [1.82, 2.24) is 9.47 Å². The Labute approximate surface area is 268 Å². The van der Waals surface area contributed by atoms with Gasteiger partial charge in [0.2, 0.25) is 0 Å². The van der Waals surface area contributed by atoms with Crippen molar-refractivity contribution in [3.8, 4) is 11.3 Å². The van der Waals surface area contributed by atoms with Crippen LogP contribution < -0.4 is 0 Å². The number of rotatable bonds is 6. The number of fused-ring (bicyclic) bond motifs is 1. The fourth-order valence-corrected chi connectivity index (χ4v) is 6.63. The monoisotopic (exact) mass is 656 g/mol. The highest BCUT2D eigenvalue weighted by Gasteiger charge is 2.38. The quantitative estimate of drug-likeness (QED) is 0.185. The first-order chi connectivity index (χ1) is 21.5. The number of halogens is 6. The summed E-state index contributed by atoms with van der Waals surface area (Å²) in [6, 6.07) is 31.9. The van der Waals surface area contributed by atoms with Gasteiger partial charge in [-0.15, -0.1) is 0 Å². The Morgan fingerprint density at radius 3 is 2.00 bits per heavy atom. The van der Waals surface area contributed by atoms with E-state index in [1.807, 2.05) is 36.4 Å². The van der Waals surface area contributed by atoms with Crippen molar-refractivity contribution in [2.45, 2.75) is 38.0 Å². The van der Waals surface area contributed by atoms with E-state index in [0.29, 0.717) is 18.0 Å². The third-order valence-corrected chi connectivity index (χ3v) is 8.69. The summed E-state index contributed by atoms with van der Waals surface area (Å²) in [6.07, 6.45) is -3.06. The Bertz CT molecular complexity index is 1760. The molecule has 0 amide bonds. The van der Waals surface area contributed by atoms with E-state index in [4.69, 9.17) is 33.1 Å². The SMILES string of the molecule is Fc1ccccc1Cn1c(-c2ccccc2)c(CN2CCC(c3c(Cl)cccc3Cl)CC2)c2ccccc21.O=C(O)C(F)(F)F. The fraction of sp³-hybridized carbons (Fsp3) is 0.229. The molecular weight excluding hydrogens is 627 g/mol. The first-order valence-corrected chi connectivity index (χ1v) is 15.2. The maximum Gasteiger partial charge on any atom is 0.490 e. The molecular formula is C35H30Cl2F4N2O2. The zero-order valence-electron chi connectivity index (χ0n) is 24.1. The number of piperidine rings is 1. The number of hydrogen-bond acceptors (Lipinski definition) is 2. The Hall–Kier alpha value is -3.85. The van der Waals surface area contributed by atoms with Gasteiger partial charge in [0.1, 0.15) is 5.82 Å². The number of carboxylic acids is 1. The number of hydrogen-bond donors (Lipinski definition) is 1. The fourth-order valence-electron chi connectivity index (χ4n) is 5.93. The predicted molar refractivity (Wildman–Crippen MR) is 170 cm³/mol. The Morgan fingerprint density at radius 2 is 1.38 bits per heavy atom. The number of carbonyl (C=O) groups is 1. The molecule has 0 bridgehead atoms. The van der Waals surface area contributed by atoms with Gasteiger partial charge in [-0.2, -0.15) is 13.2 Å². The minimum absolute atomic E-state index is 0.175. The predicted octanol–water partition coefficient (Wildman–Crippen LogP) is 9.82. The number of carboxylic acid groups (broad SMARTS) is 1. The van der Waals surface area contributed by atoms with Crippen LogP contribution in [-0.2, 0) is 17.9 Å². The summed E-state index contributed by atoms with van der Waals surface area (Å²) < 4.78 is 48.8. The van der Waals surface area contributed by atoms with Crippen molar-refractivity contribution in [3.05, 3.63) is 130 Å². The molecule has 1 aliphatic rings. The highest BCUT2D eigenvalue weighted by atomic mass is 35.5. The molecule has 10 heteroatoms. The molecule has 4 aromatic carbocycles. The lowest BCUT2D eigenvalue weighted by Crippen LogP contribution is -2.32. The summed E-state index contributed by atoms with van der Waals surface area (Å²) in [4.78, 5) is 11.4. The molecule has 5 aromatic rings. The lowest BCUT2D eigenvalue weighted by atomic mass is 9.89. The summed E-state index contributed by atoms with van der Waals surface area (Å²) in [7, 11) is 0. The molecule has 6 rings (SSSR count). The molecule has 1 saturated heterocycles. The number of aliphatic carboxylic acids is 1. The molecule has 1 N–H and O–H groups in total. The van der Waals surface area contributed by atoms with Gasteiger partial charge < -0.3 is 9.67 Å². The van der Waals surface area contributed by atoms with E-state index >= 15 is 0 Å². The van der Waals surface area contributed by atoms with Crippen LogP contribution in [0.15, 0.2) is 97.1 Å². The lowest BCUT2D eigenvalue weighted by molar-refractivity contribution is -0.192. The zero-order valence-corrected chi connectivity index (χ0v) is 25.6. The van der Waals surface area contributed by atoms with Crippen molar-refractivity contribution < 1.29 is 27.5 Å². The zero-order chi connectivity index (χ0) is 32.1. The molecule has 0 spiro atoms. The second kappa shape index (κ2) is 14.1. The van der Waals surface area contributed by atoms with Crippen LogP contribution >= 0.6 is 23.2 Å². The Morgan fingerprint density at radius 1 is 0.800 bits per heavy atom. The van der Waals surface area contributed by atoms with Crippen LogP contribution in [-0.4, -0.2) is 39.8 Å². The largest absolute Gasteiger partial charge is 0.490 e. The number of alkyl halides is 3. The van der Waals surface area contributed by atoms with Crippen LogP contribution in [0.25, 0.3) is 22.2 Å². The normalized spacial score (nSPS) is 14.3. The third kappa shape index (κ3) is 7.52. The minimum atomic E-state index is -5.08. The molecule has 0 unspecified atom stereocenters. The van der Waals surface area contributed by atoms with E-state index in [1.165, 1.54) is 10.9 Å². The maximum absolute atomic E-state index is 14.8. The molecule has 0 radical (unpaired) electrons. The second-order valence-corrected chi connectivity index (χ2v) is 11.7. The van der Waals surface area contributed by atoms with Gasteiger partial charge in [0.05, 0.1) is 12.2 Å². The summed E-state index contributed by atoms with van der Waals surface area (Å²) in [5.74, 6) is -2.57. The van der Waals surface area contributed by atoms with Gasteiger partial charge in [0, 0.05) is 33.1 Å². The summed E-state index contributed by atoms with van der Waals surface area (Å²) in [6.45, 7) is 3.24. The smallest absolute Gasteiger partial charge is 0.475 e. The highest BCUT2D eigenvalue weighted by Crippen LogP contribution is 2.40. The molecule has 4 nitrogen and oxygen atoms in total. The average Bonchev–Trinajstić information content (AvgIpc) is 3.32. The molecule has 0 saturated carbocycles. The number of nitrogens with zero attached hydrogens (tertiary/aromatic N) is 2. The van der Waals surface area contributed by atoms with Crippen molar-refractivity contribution in [2.75, 3.05) is 13.1 Å². The van der Waals surface area contributed by atoms with Crippen LogP contribution in [0.2, 0.25) is 10.0 Å². The van der Waals surface area contributed by atoms with Gasteiger partial charge in [-0.1, -0.05) is 96.0 Å².